The predicted molar refractivity (Wildman–Crippen MR) is 95.1 cm³/mol. The van der Waals surface area contributed by atoms with Crippen molar-refractivity contribution in [1.82, 2.24) is 14.9 Å². The van der Waals surface area contributed by atoms with Gasteiger partial charge in [0.2, 0.25) is 0 Å². The van der Waals surface area contributed by atoms with Crippen LogP contribution < -0.4 is 5.32 Å². The molecule has 5 nitrogen and oxygen atoms in total. The first-order chi connectivity index (χ1) is 11.4. The summed E-state index contributed by atoms with van der Waals surface area (Å²) < 4.78 is 5.54. The van der Waals surface area contributed by atoms with Crippen LogP contribution in [0.2, 0.25) is 0 Å². The number of hydrogen-bond acceptors (Lipinski definition) is 6. The molecule has 0 saturated carbocycles. The molecule has 2 fully saturated rings. The predicted octanol–water partition coefficient (Wildman–Crippen LogP) is 2.25. The summed E-state index contributed by atoms with van der Waals surface area (Å²) in [6.45, 7) is 4.70. The highest BCUT2D eigenvalue weighted by Crippen LogP contribution is 2.34. The van der Waals surface area contributed by atoms with E-state index in [1.807, 2.05) is 18.2 Å². The second-order valence-corrected chi connectivity index (χ2v) is 7.32. The van der Waals surface area contributed by atoms with Gasteiger partial charge in [0.25, 0.3) is 0 Å². The number of para-hydroxylation sites is 1. The van der Waals surface area contributed by atoms with Gasteiger partial charge >= 0.3 is 0 Å². The molecule has 2 aliphatic heterocycles. The van der Waals surface area contributed by atoms with Crippen LogP contribution in [0, 0.1) is 0 Å². The largest absolute Gasteiger partial charge is 0.379 e. The van der Waals surface area contributed by atoms with Crippen LogP contribution in [0.3, 0.4) is 0 Å². The topological polar surface area (TPSA) is 50.3 Å². The lowest BCUT2D eigenvalue weighted by atomic mass is 9.95. The number of nitrogens with zero attached hydrogens (tertiary/aromatic N) is 3. The van der Waals surface area contributed by atoms with Crippen LogP contribution in [-0.4, -0.2) is 64.8 Å². The molecule has 6 heteroatoms. The van der Waals surface area contributed by atoms with Crippen molar-refractivity contribution in [3.8, 4) is 0 Å². The highest BCUT2D eigenvalue weighted by molar-refractivity contribution is 7.99. The molecule has 2 aliphatic rings. The zero-order valence-electron chi connectivity index (χ0n) is 13.2. The molecule has 1 aromatic carbocycles. The molecule has 2 saturated heterocycles. The molecule has 0 aliphatic carbocycles. The Hall–Kier alpha value is -1.37. The molecular weight excluding hydrogens is 308 g/mol. The van der Waals surface area contributed by atoms with Crippen molar-refractivity contribution < 1.29 is 4.74 Å². The monoisotopic (exact) mass is 330 g/mol. The fourth-order valence-corrected chi connectivity index (χ4v) is 5.01. The number of rotatable bonds is 4. The average molecular weight is 330 g/mol. The number of thioether (sulfide) groups is 1. The number of nitrogens with one attached hydrogen (secondary N) is 1. The molecule has 1 atom stereocenters. The van der Waals surface area contributed by atoms with E-state index in [4.69, 9.17) is 4.74 Å². The zero-order valence-corrected chi connectivity index (χ0v) is 14.0. The summed E-state index contributed by atoms with van der Waals surface area (Å²) >= 11 is 2.06. The molecule has 1 unspecified atom stereocenters. The molecule has 0 spiro atoms. The molecule has 2 aromatic rings. The third kappa shape index (κ3) is 3.03. The summed E-state index contributed by atoms with van der Waals surface area (Å²) in [5.41, 5.74) is 1.21. The minimum Gasteiger partial charge on any atom is -0.379 e. The molecule has 1 N–H and O–H groups in total. The lowest BCUT2D eigenvalue weighted by molar-refractivity contribution is -0.00921. The number of morpholine rings is 1. The lowest BCUT2D eigenvalue weighted by Gasteiger charge is -2.43. The summed E-state index contributed by atoms with van der Waals surface area (Å²) in [5.74, 6) is 3.37. The Bertz CT molecular complexity index is 663. The molecule has 0 radical (unpaired) electrons. The van der Waals surface area contributed by atoms with Gasteiger partial charge in [0, 0.05) is 36.3 Å². The maximum atomic E-state index is 5.54. The minimum atomic E-state index is 0.223. The molecule has 0 amide bonds. The van der Waals surface area contributed by atoms with Gasteiger partial charge in [0.15, 0.2) is 0 Å². The van der Waals surface area contributed by atoms with Gasteiger partial charge in [0.05, 0.1) is 18.7 Å². The average Bonchev–Trinajstić information content (AvgIpc) is 3.11. The number of anilines is 1. The quantitative estimate of drug-likeness (QED) is 0.928. The first kappa shape index (κ1) is 15.2. The number of aromatic nitrogens is 2. The summed E-state index contributed by atoms with van der Waals surface area (Å²) in [6.07, 6.45) is 2.88. The van der Waals surface area contributed by atoms with Gasteiger partial charge in [-0.2, -0.15) is 11.8 Å². The molecule has 23 heavy (non-hydrogen) atoms. The van der Waals surface area contributed by atoms with E-state index in [9.17, 15) is 0 Å². The van der Waals surface area contributed by atoms with E-state index in [-0.39, 0.29) is 5.54 Å². The van der Waals surface area contributed by atoms with E-state index in [1.54, 1.807) is 6.33 Å². The summed E-state index contributed by atoms with van der Waals surface area (Å²) in [4.78, 5) is 11.4. The van der Waals surface area contributed by atoms with E-state index >= 15 is 0 Å². The fraction of sp³-hybridized carbons (Fsp3) is 0.529. The zero-order chi connectivity index (χ0) is 15.5. The van der Waals surface area contributed by atoms with Crippen LogP contribution in [0.4, 0.5) is 5.82 Å². The Morgan fingerprint density at radius 2 is 2.09 bits per heavy atom. The maximum Gasteiger partial charge on any atom is 0.137 e. The van der Waals surface area contributed by atoms with Crippen molar-refractivity contribution in [2.24, 2.45) is 0 Å². The number of hydrogen-bond donors (Lipinski definition) is 1. The second kappa shape index (κ2) is 6.63. The fourth-order valence-electron chi connectivity index (χ4n) is 3.53. The molecule has 122 valence electrons. The first-order valence-electron chi connectivity index (χ1n) is 8.22. The van der Waals surface area contributed by atoms with Crippen molar-refractivity contribution in [3.05, 3.63) is 30.6 Å². The molecule has 1 aromatic heterocycles. The van der Waals surface area contributed by atoms with Crippen LogP contribution in [0.1, 0.15) is 6.42 Å². The number of benzene rings is 1. The molecule has 0 bridgehead atoms. The van der Waals surface area contributed by atoms with Gasteiger partial charge in [-0.3, -0.25) is 4.90 Å². The van der Waals surface area contributed by atoms with Crippen LogP contribution >= 0.6 is 11.8 Å². The third-order valence-electron chi connectivity index (χ3n) is 4.89. The Kier molecular flexibility index (Phi) is 4.37. The van der Waals surface area contributed by atoms with Crippen molar-refractivity contribution in [2.75, 3.05) is 49.7 Å². The number of ether oxygens (including phenoxy) is 1. The lowest BCUT2D eigenvalue weighted by Crippen LogP contribution is -2.57. The molecular formula is C17H22N4OS. The normalized spacial score (nSPS) is 25.7. The Morgan fingerprint density at radius 3 is 2.91 bits per heavy atom. The van der Waals surface area contributed by atoms with Gasteiger partial charge in [-0.05, 0) is 24.3 Å². The van der Waals surface area contributed by atoms with E-state index < -0.39 is 0 Å². The maximum absolute atomic E-state index is 5.54. The smallest absolute Gasteiger partial charge is 0.137 e. The standard InChI is InChI=1S/C17H22N4OS/c1-2-4-15-14(3-1)16(20-13-19-15)18-11-17(5-10-23-12-17)21-6-8-22-9-7-21/h1-4,13H,5-12H2,(H,18,19,20). The van der Waals surface area contributed by atoms with Crippen LogP contribution in [-0.2, 0) is 4.74 Å². The van der Waals surface area contributed by atoms with Crippen LogP contribution in [0.25, 0.3) is 10.9 Å². The summed E-state index contributed by atoms with van der Waals surface area (Å²) in [6, 6.07) is 8.18. The van der Waals surface area contributed by atoms with E-state index in [0.29, 0.717) is 0 Å². The van der Waals surface area contributed by atoms with Gasteiger partial charge < -0.3 is 10.1 Å². The highest BCUT2D eigenvalue weighted by atomic mass is 32.2. The van der Waals surface area contributed by atoms with Crippen molar-refractivity contribution >= 4 is 28.5 Å². The van der Waals surface area contributed by atoms with Crippen molar-refractivity contribution in [3.63, 3.8) is 0 Å². The van der Waals surface area contributed by atoms with Gasteiger partial charge in [-0.15, -0.1) is 0 Å². The van der Waals surface area contributed by atoms with E-state index in [0.717, 1.165) is 49.6 Å². The van der Waals surface area contributed by atoms with E-state index in [1.165, 1.54) is 17.9 Å². The SMILES string of the molecule is c1ccc2c(NCC3(N4CCOCC4)CCSC3)ncnc2c1. The Labute approximate surface area is 140 Å². The minimum absolute atomic E-state index is 0.223. The molecule has 3 heterocycles. The van der Waals surface area contributed by atoms with Crippen LogP contribution in [0.15, 0.2) is 30.6 Å². The highest BCUT2D eigenvalue weighted by Gasteiger charge is 2.40. The molecule has 4 rings (SSSR count). The summed E-state index contributed by atoms with van der Waals surface area (Å²) in [5, 5.41) is 4.72. The van der Waals surface area contributed by atoms with Gasteiger partial charge in [-0.25, -0.2) is 9.97 Å². The summed E-state index contributed by atoms with van der Waals surface area (Å²) in [7, 11) is 0. The first-order valence-corrected chi connectivity index (χ1v) is 9.37. The second-order valence-electron chi connectivity index (χ2n) is 6.22. The van der Waals surface area contributed by atoms with Crippen molar-refractivity contribution in [1.29, 1.82) is 0 Å². The van der Waals surface area contributed by atoms with E-state index in [2.05, 4.69) is 38.0 Å². The third-order valence-corrected chi connectivity index (χ3v) is 6.13. The van der Waals surface area contributed by atoms with Crippen molar-refractivity contribution in [2.45, 2.75) is 12.0 Å². The van der Waals surface area contributed by atoms with Gasteiger partial charge in [-0.1, -0.05) is 12.1 Å². The Balaban J connectivity index is 1.55. The number of fused-ring (bicyclic) bond motifs is 1. The van der Waals surface area contributed by atoms with Gasteiger partial charge in [0.1, 0.15) is 12.1 Å². The van der Waals surface area contributed by atoms with Crippen LogP contribution in [0.5, 0.6) is 0 Å². The Morgan fingerprint density at radius 1 is 1.22 bits per heavy atom.